The molecule has 1 aliphatic carbocycles. The average Bonchev–Trinajstić information content (AvgIpc) is 3.13. The van der Waals surface area contributed by atoms with Gasteiger partial charge >= 0.3 is 0 Å². The molecule has 0 spiro atoms. The van der Waals surface area contributed by atoms with Crippen LogP contribution >= 0.6 is 11.6 Å². The van der Waals surface area contributed by atoms with Gasteiger partial charge < -0.3 is 0 Å². The number of rotatable bonds is 4. The van der Waals surface area contributed by atoms with E-state index in [0.717, 1.165) is 16.7 Å². The number of carbonyl (C=O) groups is 1. The second-order valence-electron chi connectivity index (χ2n) is 7.50. The highest BCUT2D eigenvalue weighted by Crippen LogP contribution is 2.45. The Morgan fingerprint density at radius 1 is 0.967 bits per heavy atom. The van der Waals surface area contributed by atoms with E-state index in [2.05, 4.69) is 0 Å². The van der Waals surface area contributed by atoms with E-state index in [0.29, 0.717) is 29.1 Å². The number of allylic oxidation sites excluding steroid dienone is 2. The molecule has 0 aromatic heterocycles. The first-order valence-corrected chi connectivity index (χ1v) is 9.95. The first kappa shape index (κ1) is 20.4. The van der Waals surface area contributed by atoms with Gasteiger partial charge in [0.15, 0.2) is 5.78 Å². The SMILES string of the molecule is Cc1ccccc1C1CC(c2ccc(Cl)cc2)C=C1C(=O)c1c(F)cc(F)cc1F. The van der Waals surface area contributed by atoms with Gasteiger partial charge in [0.2, 0.25) is 0 Å². The van der Waals surface area contributed by atoms with E-state index >= 15 is 0 Å². The molecule has 3 aromatic carbocycles. The summed E-state index contributed by atoms with van der Waals surface area (Å²) < 4.78 is 42.0. The Hall–Kier alpha value is -2.85. The number of benzene rings is 3. The Balaban J connectivity index is 1.81. The number of hydrogen-bond acceptors (Lipinski definition) is 1. The normalized spacial score (nSPS) is 18.4. The lowest BCUT2D eigenvalue weighted by atomic mass is 9.84. The molecule has 2 unspecified atom stereocenters. The minimum absolute atomic E-state index is 0.114. The molecule has 0 aliphatic heterocycles. The van der Waals surface area contributed by atoms with Crippen LogP contribution in [0.25, 0.3) is 0 Å². The Bertz CT molecular complexity index is 1130. The Kier molecular flexibility index (Phi) is 5.52. The molecular formula is C25H18ClF3O. The lowest BCUT2D eigenvalue weighted by molar-refractivity contribution is 0.102. The maximum absolute atomic E-state index is 14.3. The van der Waals surface area contributed by atoms with Gasteiger partial charge in [0.05, 0.1) is 5.56 Å². The monoisotopic (exact) mass is 426 g/mol. The van der Waals surface area contributed by atoms with E-state index in [1.54, 1.807) is 18.2 Å². The van der Waals surface area contributed by atoms with Crippen molar-refractivity contribution in [3.05, 3.63) is 117 Å². The lowest BCUT2D eigenvalue weighted by Gasteiger charge is -2.18. The fourth-order valence-electron chi connectivity index (χ4n) is 4.13. The molecular weight excluding hydrogens is 409 g/mol. The standard InChI is InChI=1S/C25H18ClF3O/c1-14-4-2-3-5-19(14)20-10-16(15-6-8-17(26)9-7-15)11-21(20)25(30)24-22(28)12-18(27)13-23(24)29/h2-9,11-13,16,20H,10H2,1H3. The molecule has 0 radical (unpaired) electrons. The van der Waals surface area contributed by atoms with Crippen LogP contribution in [0.4, 0.5) is 13.2 Å². The number of ketones is 1. The molecule has 4 rings (SSSR count). The molecule has 0 amide bonds. The summed E-state index contributed by atoms with van der Waals surface area (Å²) in [4.78, 5) is 13.2. The third-order valence-electron chi connectivity index (χ3n) is 5.60. The van der Waals surface area contributed by atoms with Crippen molar-refractivity contribution in [3.63, 3.8) is 0 Å². The van der Waals surface area contributed by atoms with Crippen LogP contribution in [0.3, 0.4) is 0 Å². The predicted molar refractivity (Wildman–Crippen MR) is 111 cm³/mol. The van der Waals surface area contributed by atoms with Crippen LogP contribution in [0.1, 0.15) is 45.3 Å². The summed E-state index contributed by atoms with van der Waals surface area (Å²) in [5, 5.41) is 0.600. The predicted octanol–water partition coefficient (Wildman–Crippen LogP) is 7.15. The van der Waals surface area contributed by atoms with Crippen molar-refractivity contribution >= 4 is 17.4 Å². The molecule has 0 saturated heterocycles. The largest absolute Gasteiger partial charge is 0.289 e. The van der Waals surface area contributed by atoms with Gasteiger partial charge in [0, 0.05) is 34.6 Å². The van der Waals surface area contributed by atoms with Crippen LogP contribution in [0.5, 0.6) is 0 Å². The van der Waals surface area contributed by atoms with Gasteiger partial charge in [-0.05, 0) is 42.2 Å². The number of hydrogen-bond donors (Lipinski definition) is 0. The van der Waals surface area contributed by atoms with Crippen molar-refractivity contribution in [2.24, 2.45) is 0 Å². The van der Waals surface area contributed by atoms with Gasteiger partial charge in [-0.2, -0.15) is 0 Å². The van der Waals surface area contributed by atoms with Gasteiger partial charge in [-0.15, -0.1) is 0 Å². The minimum Gasteiger partial charge on any atom is -0.289 e. The highest BCUT2D eigenvalue weighted by Gasteiger charge is 2.35. The minimum atomic E-state index is -1.20. The first-order valence-electron chi connectivity index (χ1n) is 9.57. The maximum atomic E-state index is 14.3. The van der Waals surface area contributed by atoms with Gasteiger partial charge in [0.25, 0.3) is 0 Å². The molecule has 0 N–H and O–H groups in total. The second kappa shape index (κ2) is 8.11. The molecule has 0 bridgehead atoms. The van der Waals surface area contributed by atoms with Crippen molar-refractivity contribution in [1.82, 2.24) is 0 Å². The fourth-order valence-corrected chi connectivity index (χ4v) is 4.26. The molecule has 1 aliphatic rings. The Labute approximate surface area is 177 Å². The molecule has 0 heterocycles. The lowest BCUT2D eigenvalue weighted by Crippen LogP contribution is -2.14. The van der Waals surface area contributed by atoms with Gasteiger partial charge in [-0.3, -0.25) is 4.79 Å². The Morgan fingerprint density at radius 2 is 1.60 bits per heavy atom. The molecule has 0 fully saturated rings. The average molecular weight is 427 g/mol. The van der Waals surface area contributed by atoms with Crippen LogP contribution < -0.4 is 0 Å². The maximum Gasteiger partial charge on any atom is 0.195 e. The van der Waals surface area contributed by atoms with Crippen LogP contribution in [-0.4, -0.2) is 5.78 Å². The van der Waals surface area contributed by atoms with Crippen molar-refractivity contribution < 1.29 is 18.0 Å². The third kappa shape index (κ3) is 3.80. The van der Waals surface area contributed by atoms with Crippen molar-refractivity contribution in [3.8, 4) is 0 Å². The summed E-state index contributed by atoms with van der Waals surface area (Å²) in [5.74, 6) is -4.65. The van der Waals surface area contributed by atoms with Gasteiger partial charge in [-0.25, -0.2) is 13.2 Å². The second-order valence-corrected chi connectivity index (χ2v) is 7.93. The van der Waals surface area contributed by atoms with E-state index in [1.807, 2.05) is 43.3 Å². The topological polar surface area (TPSA) is 17.1 Å². The third-order valence-corrected chi connectivity index (χ3v) is 5.86. The Morgan fingerprint density at radius 3 is 2.23 bits per heavy atom. The number of carbonyl (C=O) groups excluding carboxylic acids is 1. The van der Waals surface area contributed by atoms with Crippen LogP contribution in [0, 0.1) is 24.4 Å². The number of halogens is 4. The van der Waals surface area contributed by atoms with Gasteiger partial charge in [-0.1, -0.05) is 54.1 Å². The van der Waals surface area contributed by atoms with Crippen molar-refractivity contribution in [2.75, 3.05) is 0 Å². The van der Waals surface area contributed by atoms with Crippen LogP contribution in [0.2, 0.25) is 5.02 Å². The zero-order valence-corrected chi connectivity index (χ0v) is 16.9. The van der Waals surface area contributed by atoms with Crippen LogP contribution in [0.15, 0.2) is 72.3 Å². The van der Waals surface area contributed by atoms with E-state index in [4.69, 9.17) is 11.6 Å². The van der Waals surface area contributed by atoms with Crippen molar-refractivity contribution in [1.29, 1.82) is 0 Å². The molecule has 2 atom stereocenters. The zero-order valence-electron chi connectivity index (χ0n) is 16.1. The highest BCUT2D eigenvalue weighted by molar-refractivity contribution is 6.30. The summed E-state index contributed by atoms with van der Waals surface area (Å²) in [7, 11) is 0. The summed E-state index contributed by atoms with van der Waals surface area (Å²) in [5.41, 5.74) is 2.46. The molecule has 5 heteroatoms. The molecule has 3 aromatic rings. The quantitative estimate of drug-likeness (QED) is 0.405. The fraction of sp³-hybridized carbons (Fsp3) is 0.160. The first-order chi connectivity index (χ1) is 14.3. The number of Topliss-reactive ketones (excluding diaryl/α,β-unsaturated/α-hetero) is 1. The smallest absolute Gasteiger partial charge is 0.195 e. The van der Waals surface area contributed by atoms with Gasteiger partial charge in [0.1, 0.15) is 17.5 Å². The summed E-state index contributed by atoms with van der Waals surface area (Å²) in [6.07, 6.45) is 2.35. The summed E-state index contributed by atoms with van der Waals surface area (Å²) in [6.45, 7) is 1.94. The molecule has 1 nitrogen and oxygen atoms in total. The molecule has 30 heavy (non-hydrogen) atoms. The highest BCUT2D eigenvalue weighted by atomic mass is 35.5. The summed E-state index contributed by atoms with van der Waals surface area (Å²) in [6, 6.07) is 16.0. The van der Waals surface area contributed by atoms with E-state index in [-0.39, 0.29) is 11.8 Å². The summed E-state index contributed by atoms with van der Waals surface area (Å²) >= 11 is 5.99. The van der Waals surface area contributed by atoms with Crippen molar-refractivity contribution in [2.45, 2.75) is 25.2 Å². The van der Waals surface area contributed by atoms with Crippen LogP contribution in [-0.2, 0) is 0 Å². The molecule has 152 valence electrons. The molecule has 0 saturated carbocycles. The van der Waals surface area contributed by atoms with E-state index in [9.17, 15) is 18.0 Å². The zero-order chi connectivity index (χ0) is 21.4. The number of aryl methyl sites for hydroxylation is 1. The van der Waals surface area contributed by atoms with E-state index < -0.39 is 28.8 Å². The van der Waals surface area contributed by atoms with E-state index in [1.165, 1.54) is 0 Å².